The minimum absolute atomic E-state index is 0.142. The molecule has 2 fully saturated rings. The Bertz CT molecular complexity index is 1400. The van der Waals surface area contributed by atoms with Crippen LogP contribution < -0.4 is 21.0 Å². The summed E-state index contributed by atoms with van der Waals surface area (Å²) in [4.78, 5) is 37.0. The van der Waals surface area contributed by atoms with E-state index in [0.717, 1.165) is 69.4 Å². The molecule has 5 rings (SSSR count). The molecule has 9 heteroatoms. The summed E-state index contributed by atoms with van der Waals surface area (Å²) < 4.78 is 3.82. The zero-order valence-electron chi connectivity index (χ0n) is 21.9. The van der Waals surface area contributed by atoms with Crippen molar-refractivity contribution in [3.63, 3.8) is 0 Å². The summed E-state index contributed by atoms with van der Waals surface area (Å²) in [5.41, 5.74) is 2.59. The molecule has 0 atom stereocenters. The van der Waals surface area contributed by atoms with Gasteiger partial charge in [-0.15, -0.1) is 0 Å². The summed E-state index contributed by atoms with van der Waals surface area (Å²) in [7, 11) is 1.87. The molecule has 2 N–H and O–H groups in total. The van der Waals surface area contributed by atoms with Crippen LogP contribution >= 0.6 is 0 Å². The number of rotatable bonds is 7. The van der Waals surface area contributed by atoms with Gasteiger partial charge in [0.15, 0.2) is 5.65 Å². The van der Waals surface area contributed by atoms with E-state index in [1.54, 1.807) is 6.08 Å². The number of anilines is 1. The molecule has 9 nitrogen and oxygen atoms in total. The Labute approximate surface area is 217 Å². The standard InChI is InChI=1S/C28H37N7O2/c1-4-9-22-21(5-2)32(3)28-24(27(37)30-14-18-33-15-6-7-16-33)25(36)20-10-11-23(31-26(20)35(22)28)34-17-8-12-29-13-19-34/h4-5,9-11,29H,2,6-8,12-19H2,1,3H3,(H,30,37)/b9-4-. The number of allylic oxidation sites excluding steroid dienone is 1. The normalized spacial score (nSPS) is 17.2. The van der Waals surface area contributed by atoms with Crippen LogP contribution in [0.1, 0.15) is 47.9 Å². The lowest BCUT2D eigenvalue weighted by Crippen LogP contribution is -2.36. The number of fused-ring (bicyclic) bond motifs is 3. The van der Waals surface area contributed by atoms with Crippen molar-refractivity contribution in [2.24, 2.45) is 7.05 Å². The van der Waals surface area contributed by atoms with E-state index in [4.69, 9.17) is 4.98 Å². The predicted molar refractivity (Wildman–Crippen MR) is 150 cm³/mol. The van der Waals surface area contributed by atoms with Crippen molar-refractivity contribution in [3.8, 4) is 0 Å². The average molecular weight is 504 g/mol. The first-order valence-electron chi connectivity index (χ1n) is 13.3. The third kappa shape index (κ3) is 4.69. The van der Waals surface area contributed by atoms with E-state index in [0.29, 0.717) is 23.2 Å². The van der Waals surface area contributed by atoms with Crippen molar-refractivity contribution in [2.45, 2.75) is 26.2 Å². The molecule has 196 valence electrons. The molecule has 0 bridgehead atoms. The highest BCUT2D eigenvalue weighted by Gasteiger charge is 2.26. The van der Waals surface area contributed by atoms with Gasteiger partial charge in [0.25, 0.3) is 5.91 Å². The highest BCUT2D eigenvalue weighted by atomic mass is 16.2. The maximum absolute atomic E-state index is 13.9. The molecule has 2 saturated heterocycles. The van der Waals surface area contributed by atoms with Gasteiger partial charge < -0.3 is 25.0 Å². The fraction of sp³-hybridized carbons (Fsp3) is 0.464. The Morgan fingerprint density at radius 1 is 1.14 bits per heavy atom. The zero-order chi connectivity index (χ0) is 25.9. The van der Waals surface area contributed by atoms with Crippen LogP contribution in [0, 0.1) is 0 Å². The SMILES string of the molecule is C=Cc1c(/C=C\C)n2c3nc(N4CCCNCC4)ccc3c(=O)c(C(=O)NCCN3CCCC3)c2n1C. The van der Waals surface area contributed by atoms with Gasteiger partial charge in [-0.25, -0.2) is 4.98 Å². The first-order chi connectivity index (χ1) is 18.0. The molecule has 0 aliphatic carbocycles. The van der Waals surface area contributed by atoms with Gasteiger partial charge in [0.2, 0.25) is 5.43 Å². The van der Waals surface area contributed by atoms with Crippen molar-refractivity contribution >= 4 is 40.6 Å². The number of nitrogens with zero attached hydrogens (tertiary/aromatic N) is 5. The van der Waals surface area contributed by atoms with Gasteiger partial charge in [0.05, 0.1) is 16.8 Å². The number of imidazole rings is 1. The number of carbonyl (C=O) groups is 1. The second-order valence-electron chi connectivity index (χ2n) is 9.83. The fourth-order valence-electron chi connectivity index (χ4n) is 5.62. The van der Waals surface area contributed by atoms with Crippen LogP contribution in [0.4, 0.5) is 5.82 Å². The summed E-state index contributed by atoms with van der Waals surface area (Å²) in [5.74, 6) is 0.483. The summed E-state index contributed by atoms with van der Waals surface area (Å²) in [6.07, 6.45) is 9.12. The van der Waals surface area contributed by atoms with Crippen LogP contribution in [-0.4, -0.2) is 77.1 Å². The monoisotopic (exact) mass is 503 g/mol. The molecule has 2 aliphatic rings. The molecule has 0 aromatic carbocycles. The van der Waals surface area contributed by atoms with Crippen molar-refractivity contribution < 1.29 is 4.79 Å². The number of carbonyl (C=O) groups excluding carboxylic acids is 1. The topological polar surface area (TPSA) is 86.9 Å². The van der Waals surface area contributed by atoms with Crippen LogP contribution in [-0.2, 0) is 7.05 Å². The van der Waals surface area contributed by atoms with Gasteiger partial charge >= 0.3 is 0 Å². The van der Waals surface area contributed by atoms with Crippen LogP contribution in [0.2, 0.25) is 0 Å². The number of nitrogens with one attached hydrogen (secondary N) is 2. The highest BCUT2D eigenvalue weighted by Crippen LogP contribution is 2.27. The van der Waals surface area contributed by atoms with Crippen molar-refractivity contribution in [1.29, 1.82) is 0 Å². The molecule has 2 aliphatic heterocycles. The summed E-state index contributed by atoms with van der Waals surface area (Å²) in [6, 6.07) is 3.73. The smallest absolute Gasteiger partial charge is 0.259 e. The number of aromatic nitrogens is 3. The Morgan fingerprint density at radius 2 is 1.95 bits per heavy atom. The Morgan fingerprint density at radius 3 is 2.70 bits per heavy atom. The molecule has 0 spiro atoms. The van der Waals surface area contributed by atoms with Gasteiger partial charge in [0, 0.05) is 39.8 Å². The maximum Gasteiger partial charge on any atom is 0.259 e. The van der Waals surface area contributed by atoms with E-state index in [-0.39, 0.29) is 16.9 Å². The Kier molecular flexibility index (Phi) is 7.43. The van der Waals surface area contributed by atoms with E-state index in [2.05, 4.69) is 27.0 Å². The summed E-state index contributed by atoms with van der Waals surface area (Å²) in [5, 5.41) is 6.87. The third-order valence-electron chi connectivity index (χ3n) is 7.48. The molecule has 1 amide bonds. The van der Waals surface area contributed by atoms with E-state index in [9.17, 15) is 9.59 Å². The molecule has 3 aromatic heterocycles. The van der Waals surface area contributed by atoms with Crippen molar-refractivity contribution in [2.75, 3.05) is 57.3 Å². The number of pyridine rings is 2. The van der Waals surface area contributed by atoms with E-state index in [1.807, 2.05) is 47.2 Å². The van der Waals surface area contributed by atoms with Crippen molar-refractivity contribution in [1.82, 2.24) is 29.5 Å². The predicted octanol–water partition coefficient (Wildman–Crippen LogP) is 2.49. The number of amides is 1. The summed E-state index contributed by atoms with van der Waals surface area (Å²) in [6.45, 7) is 13.0. The molecule has 0 radical (unpaired) electrons. The molecule has 37 heavy (non-hydrogen) atoms. The largest absolute Gasteiger partial charge is 0.355 e. The summed E-state index contributed by atoms with van der Waals surface area (Å²) >= 11 is 0. The number of hydrogen-bond donors (Lipinski definition) is 2. The van der Waals surface area contributed by atoms with Crippen molar-refractivity contribution in [3.05, 3.63) is 52.0 Å². The second kappa shape index (κ2) is 10.9. The van der Waals surface area contributed by atoms with E-state index >= 15 is 0 Å². The van der Waals surface area contributed by atoms with E-state index < -0.39 is 0 Å². The molecule has 5 heterocycles. The second-order valence-corrected chi connectivity index (χ2v) is 9.83. The quantitative estimate of drug-likeness (QED) is 0.515. The van der Waals surface area contributed by atoms with Gasteiger partial charge in [0.1, 0.15) is 17.0 Å². The van der Waals surface area contributed by atoms with Gasteiger partial charge in [-0.1, -0.05) is 12.7 Å². The highest BCUT2D eigenvalue weighted by molar-refractivity contribution is 6.04. The minimum Gasteiger partial charge on any atom is -0.355 e. The molecule has 0 unspecified atom stereocenters. The molecular weight excluding hydrogens is 466 g/mol. The van der Waals surface area contributed by atoms with Gasteiger partial charge in [-0.2, -0.15) is 0 Å². The lowest BCUT2D eigenvalue weighted by Gasteiger charge is -2.21. The molecular formula is C28H37N7O2. The van der Waals surface area contributed by atoms with Crippen LogP contribution in [0.5, 0.6) is 0 Å². The first-order valence-corrected chi connectivity index (χ1v) is 13.3. The van der Waals surface area contributed by atoms with Crippen LogP contribution in [0.3, 0.4) is 0 Å². The number of likely N-dealkylation sites (tertiary alicyclic amines) is 1. The molecule has 0 saturated carbocycles. The molecule has 3 aromatic rings. The van der Waals surface area contributed by atoms with Gasteiger partial charge in [-0.05, 0) is 70.1 Å². The van der Waals surface area contributed by atoms with Crippen LogP contribution in [0.25, 0.3) is 28.8 Å². The maximum atomic E-state index is 13.9. The van der Waals surface area contributed by atoms with E-state index in [1.165, 1.54) is 12.8 Å². The fourth-order valence-corrected chi connectivity index (χ4v) is 5.62. The number of hydrogen-bond acceptors (Lipinski definition) is 6. The average Bonchev–Trinajstić information content (AvgIpc) is 3.40. The Balaban J connectivity index is 1.67. The van der Waals surface area contributed by atoms with Gasteiger partial charge in [-0.3, -0.25) is 14.0 Å². The minimum atomic E-state index is -0.352. The Hall–Kier alpha value is -3.43. The lowest BCUT2D eigenvalue weighted by atomic mass is 10.1. The number of aryl methyl sites for hydroxylation is 1. The zero-order valence-corrected chi connectivity index (χ0v) is 21.9. The third-order valence-corrected chi connectivity index (χ3v) is 7.48. The van der Waals surface area contributed by atoms with Crippen LogP contribution in [0.15, 0.2) is 29.6 Å². The lowest BCUT2D eigenvalue weighted by molar-refractivity contribution is 0.0950. The first kappa shape index (κ1) is 25.2.